The van der Waals surface area contributed by atoms with Gasteiger partial charge in [-0.2, -0.15) is 0 Å². The number of anilines is 1. The first-order valence-electron chi connectivity index (χ1n) is 10.8. The Balaban J connectivity index is 1.93. The van der Waals surface area contributed by atoms with Gasteiger partial charge in [-0.05, 0) is 24.6 Å². The zero-order valence-corrected chi connectivity index (χ0v) is 18.6. The van der Waals surface area contributed by atoms with Crippen molar-refractivity contribution in [1.82, 2.24) is 15.5 Å². The van der Waals surface area contributed by atoms with Gasteiger partial charge in [-0.15, -0.1) is 0 Å². The lowest BCUT2D eigenvalue weighted by molar-refractivity contribution is -0.149. The number of hydrogen-bond acceptors (Lipinski definition) is 7. The molecule has 1 fully saturated rings. The second-order valence-corrected chi connectivity index (χ2v) is 7.43. The van der Waals surface area contributed by atoms with Crippen molar-refractivity contribution in [3.8, 4) is 0 Å². The number of piperazine rings is 1. The zero-order chi connectivity index (χ0) is 23.3. The molecule has 10 nitrogen and oxygen atoms in total. The quantitative estimate of drug-likeness (QED) is 0.315. The highest BCUT2D eigenvalue weighted by Crippen LogP contribution is 2.13. The van der Waals surface area contributed by atoms with Gasteiger partial charge in [0.2, 0.25) is 11.8 Å². The Kier molecular flexibility index (Phi) is 10.6. The first-order chi connectivity index (χ1) is 15.4. The van der Waals surface area contributed by atoms with E-state index in [1.54, 1.807) is 36.3 Å². The van der Waals surface area contributed by atoms with Crippen LogP contribution in [0.25, 0.3) is 0 Å². The van der Waals surface area contributed by atoms with Gasteiger partial charge in [0.1, 0.15) is 6.04 Å². The molecule has 1 aliphatic rings. The average molecular weight is 449 g/mol. The van der Waals surface area contributed by atoms with E-state index in [1.165, 1.54) is 0 Å². The van der Waals surface area contributed by atoms with Crippen LogP contribution in [-0.2, 0) is 23.9 Å². The summed E-state index contributed by atoms with van der Waals surface area (Å²) in [7, 11) is 1.55. The summed E-state index contributed by atoms with van der Waals surface area (Å²) >= 11 is 0. The van der Waals surface area contributed by atoms with Gasteiger partial charge < -0.3 is 25.4 Å². The fraction of sp³-hybridized carbons (Fsp3) is 0.545. The monoisotopic (exact) mass is 448 g/mol. The summed E-state index contributed by atoms with van der Waals surface area (Å²) in [5, 5.41) is 8.19. The van der Waals surface area contributed by atoms with Gasteiger partial charge in [0, 0.05) is 38.0 Å². The van der Waals surface area contributed by atoms with Crippen molar-refractivity contribution >= 4 is 29.4 Å². The molecule has 1 aliphatic heterocycles. The van der Waals surface area contributed by atoms with Crippen LogP contribution in [0, 0.1) is 0 Å². The molecule has 32 heavy (non-hydrogen) atoms. The fourth-order valence-corrected chi connectivity index (χ4v) is 3.21. The SMILES string of the molecule is CCCCOC(=O)CC1C(=O)NCCN1CC(=O)Nc1cccc(C(=O)NCCOC)c1. The number of methoxy groups -OCH3 is 1. The molecule has 1 atom stereocenters. The molecule has 2 rings (SSSR count). The molecule has 10 heteroatoms. The second-order valence-electron chi connectivity index (χ2n) is 7.43. The van der Waals surface area contributed by atoms with Crippen LogP contribution in [-0.4, -0.2) is 81.1 Å². The number of nitrogens with zero attached hydrogens (tertiary/aromatic N) is 1. The zero-order valence-electron chi connectivity index (χ0n) is 18.6. The Morgan fingerprint density at radius 2 is 2.06 bits per heavy atom. The van der Waals surface area contributed by atoms with Crippen LogP contribution in [0.3, 0.4) is 0 Å². The number of rotatable bonds is 12. The third-order valence-electron chi connectivity index (χ3n) is 4.91. The summed E-state index contributed by atoms with van der Waals surface area (Å²) in [5.74, 6) is -1.38. The maximum atomic E-state index is 12.6. The number of esters is 1. The van der Waals surface area contributed by atoms with E-state index in [-0.39, 0.29) is 30.7 Å². The number of benzene rings is 1. The predicted octanol–water partition coefficient (Wildman–Crippen LogP) is 0.535. The lowest BCUT2D eigenvalue weighted by Crippen LogP contribution is -2.57. The van der Waals surface area contributed by atoms with Crippen LogP contribution in [0.2, 0.25) is 0 Å². The molecule has 1 aromatic carbocycles. The number of amides is 3. The molecule has 0 aromatic heterocycles. The molecule has 1 unspecified atom stereocenters. The van der Waals surface area contributed by atoms with Gasteiger partial charge in [-0.1, -0.05) is 19.4 Å². The highest BCUT2D eigenvalue weighted by molar-refractivity contribution is 5.98. The predicted molar refractivity (Wildman–Crippen MR) is 118 cm³/mol. The molecule has 0 saturated carbocycles. The van der Waals surface area contributed by atoms with Gasteiger partial charge in [0.05, 0.1) is 26.2 Å². The Morgan fingerprint density at radius 3 is 2.81 bits per heavy atom. The average Bonchev–Trinajstić information content (AvgIpc) is 2.76. The molecule has 0 aliphatic carbocycles. The van der Waals surface area contributed by atoms with Crippen LogP contribution < -0.4 is 16.0 Å². The Labute approximate surface area is 188 Å². The first-order valence-corrected chi connectivity index (χ1v) is 10.8. The smallest absolute Gasteiger partial charge is 0.307 e. The third kappa shape index (κ3) is 8.27. The van der Waals surface area contributed by atoms with Crippen molar-refractivity contribution < 1.29 is 28.7 Å². The number of carbonyl (C=O) groups is 4. The minimum Gasteiger partial charge on any atom is -0.466 e. The van der Waals surface area contributed by atoms with Crippen LogP contribution >= 0.6 is 0 Å². The summed E-state index contributed by atoms with van der Waals surface area (Å²) in [6, 6.07) is 5.81. The van der Waals surface area contributed by atoms with E-state index in [2.05, 4.69) is 16.0 Å². The van der Waals surface area contributed by atoms with E-state index >= 15 is 0 Å². The van der Waals surface area contributed by atoms with Gasteiger partial charge in [0.15, 0.2) is 0 Å². The maximum Gasteiger partial charge on any atom is 0.307 e. The lowest BCUT2D eigenvalue weighted by Gasteiger charge is -2.33. The van der Waals surface area contributed by atoms with E-state index in [9.17, 15) is 19.2 Å². The molecule has 1 heterocycles. The summed E-state index contributed by atoms with van der Waals surface area (Å²) in [6.45, 7) is 3.86. The van der Waals surface area contributed by atoms with Crippen molar-refractivity contribution in [3.63, 3.8) is 0 Å². The number of carbonyl (C=O) groups excluding carboxylic acids is 4. The van der Waals surface area contributed by atoms with Crippen molar-refractivity contribution in [2.24, 2.45) is 0 Å². The van der Waals surface area contributed by atoms with Gasteiger partial charge in [0.25, 0.3) is 5.91 Å². The molecule has 176 valence electrons. The Morgan fingerprint density at radius 1 is 1.25 bits per heavy atom. The number of unbranched alkanes of at least 4 members (excludes halogenated alkanes) is 1. The van der Waals surface area contributed by atoms with Gasteiger partial charge >= 0.3 is 5.97 Å². The van der Waals surface area contributed by atoms with Crippen LogP contribution in [0.1, 0.15) is 36.5 Å². The number of hydrogen-bond donors (Lipinski definition) is 3. The number of nitrogens with one attached hydrogen (secondary N) is 3. The van der Waals surface area contributed by atoms with Crippen LogP contribution in [0.5, 0.6) is 0 Å². The van der Waals surface area contributed by atoms with E-state index in [0.717, 1.165) is 12.8 Å². The molecule has 3 amide bonds. The van der Waals surface area contributed by atoms with Gasteiger partial charge in [-0.25, -0.2) is 0 Å². The maximum absolute atomic E-state index is 12.6. The molecule has 0 spiro atoms. The van der Waals surface area contributed by atoms with E-state index in [4.69, 9.17) is 9.47 Å². The Hall–Kier alpha value is -2.98. The molecule has 3 N–H and O–H groups in total. The molecule has 1 saturated heterocycles. The molecule has 0 bridgehead atoms. The topological polar surface area (TPSA) is 126 Å². The Bertz CT molecular complexity index is 800. The van der Waals surface area contributed by atoms with E-state index in [0.29, 0.717) is 44.1 Å². The van der Waals surface area contributed by atoms with E-state index < -0.39 is 12.0 Å². The highest BCUT2D eigenvalue weighted by atomic mass is 16.5. The molecular weight excluding hydrogens is 416 g/mol. The van der Waals surface area contributed by atoms with Gasteiger partial charge in [-0.3, -0.25) is 24.1 Å². The van der Waals surface area contributed by atoms with Crippen molar-refractivity contribution in [2.75, 3.05) is 51.8 Å². The highest BCUT2D eigenvalue weighted by Gasteiger charge is 2.33. The van der Waals surface area contributed by atoms with Crippen LogP contribution in [0.4, 0.5) is 5.69 Å². The van der Waals surface area contributed by atoms with Crippen LogP contribution in [0.15, 0.2) is 24.3 Å². The lowest BCUT2D eigenvalue weighted by atomic mass is 10.1. The first kappa shape index (κ1) is 25.3. The summed E-state index contributed by atoms with van der Waals surface area (Å²) in [6.07, 6.45) is 1.55. The summed E-state index contributed by atoms with van der Waals surface area (Å²) in [5.41, 5.74) is 0.871. The standard InChI is InChI=1S/C22H32N4O6/c1-3-4-11-32-20(28)14-18-22(30)23-8-10-26(18)15-19(27)25-17-7-5-6-16(13-17)21(29)24-9-12-31-2/h5-7,13,18H,3-4,8-12,14-15H2,1-2H3,(H,23,30)(H,24,29)(H,25,27). The minimum atomic E-state index is -0.762. The molecule has 0 radical (unpaired) electrons. The second kappa shape index (κ2) is 13.4. The van der Waals surface area contributed by atoms with Crippen molar-refractivity contribution in [1.29, 1.82) is 0 Å². The minimum absolute atomic E-state index is 0.0649. The van der Waals surface area contributed by atoms with Crippen molar-refractivity contribution in [2.45, 2.75) is 32.2 Å². The van der Waals surface area contributed by atoms with Crippen molar-refractivity contribution in [3.05, 3.63) is 29.8 Å². The summed E-state index contributed by atoms with van der Waals surface area (Å²) in [4.78, 5) is 50.8. The summed E-state index contributed by atoms with van der Waals surface area (Å²) < 4.78 is 10.1. The number of ether oxygens (including phenoxy) is 2. The molecular formula is C22H32N4O6. The normalized spacial score (nSPS) is 16.2. The fourth-order valence-electron chi connectivity index (χ4n) is 3.21. The molecule has 1 aromatic rings. The van der Waals surface area contributed by atoms with E-state index in [1.807, 2.05) is 6.92 Å². The third-order valence-corrected chi connectivity index (χ3v) is 4.91. The largest absolute Gasteiger partial charge is 0.466 e.